The van der Waals surface area contributed by atoms with Crippen molar-refractivity contribution in [2.45, 2.75) is 6.54 Å². The molecule has 0 saturated heterocycles. The van der Waals surface area contributed by atoms with Crippen LogP contribution >= 0.6 is 11.6 Å². The van der Waals surface area contributed by atoms with Crippen LogP contribution in [0.1, 0.15) is 5.56 Å². The molecule has 26 heavy (non-hydrogen) atoms. The van der Waals surface area contributed by atoms with Crippen molar-refractivity contribution < 1.29 is 4.79 Å². The number of amides is 1. The first-order valence-corrected chi connectivity index (χ1v) is 7.81. The summed E-state index contributed by atoms with van der Waals surface area (Å²) in [7, 11) is 2.86. The quantitative estimate of drug-likeness (QED) is 0.722. The Labute approximate surface area is 151 Å². The van der Waals surface area contributed by atoms with E-state index in [4.69, 9.17) is 16.9 Å². The molecule has 10 heteroatoms. The van der Waals surface area contributed by atoms with E-state index in [0.29, 0.717) is 11.3 Å². The second kappa shape index (κ2) is 6.50. The number of nitriles is 1. The fraction of sp³-hybridized carbons (Fsp3) is 0.188. The van der Waals surface area contributed by atoms with Crippen LogP contribution in [0.3, 0.4) is 0 Å². The smallest absolute Gasteiger partial charge is 0.324 e. The zero-order valence-electron chi connectivity index (χ0n) is 13.9. The fourth-order valence-electron chi connectivity index (χ4n) is 2.56. The minimum Gasteiger partial charge on any atom is -0.324 e. The molecule has 0 radical (unpaired) electrons. The van der Waals surface area contributed by atoms with Gasteiger partial charge in [-0.15, -0.1) is 0 Å². The number of hydrogen-bond acceptors (Lipinski definition) is 5. The lowest BCUT2D eigenvalue weighted by atomic mass is 10.2. The topological polar surface area (TPSA) is 115 Å². The van der Waals surface area contributed by atoms with Gasteiger partial charge in [0.25, 0.3) is 5.56 Å². The molecule has 0 fully saturated rings. The van der Waals surface area contributed by atoms with Crippen LogP contribution in [0.15, 0.2) is 34.1 Å². The number of benzene rings is 1. The summed E-state index contributed by atoms with van der Waals surface area (Å²) in [6.45, 7) is -0.179. The van der Waals surface area contributed by atoms with Gasteiger partial charge in [-0.2, -0.15) is 5.26 Å². The third kappa shape index (κ3) is 2.87. The van der Waals surface area contributed by atoms with E-state index in [1.807, 2.05) is 6.07 Å². The molecule has 2 aromatic heterocycles. The summed E-state index contributed by atoms with van der Waals surface area (Å²) >= 11 is 5.94. The molecule has 3 rings (SSSR count). The maximum Gasteiger partial charge on any atom is 0.332 e. The molecular weight excluding hydrogens is 360 g/mol. The number of nitrogens with zero attached hydrogens (tertiary/aromatic N) is 5. The van der Waals surface area contributed by atoms with Crippen LogP contribution in [0, 0.1) is 11.3 Å². The molecule has 0 aliphatic carbocycles. The first-order valence-electron chi connectivity index (χ1n) is 7.44. The van der Waals surface area contributed by atoms with Crippen molar-refractivity contribution in [3.8, 4) is 6.07 Å². The molecule has 0 spiro atoms. The Kier molecular flexibility index (Phi) is 4.36. The molecule has 0 aliphatic rings. The predicted molar refractivity (Wildman–Crippen MR) is 95.0 cm³/mol. The molecule has 1 N–H and O–H groups in total. The number of hydrogen-bond donors (Lipinski definition) is 1. The van der Waals surface area contributed by atoms with E-state index in [2.05, 4.69) is 10.3 Å². The zero-order valence-corrected chi connectivity index (χ0v) is 14.6. The van der Waals surface area contributed by atoms with Gasteiger partial charge >= 0.3 is 5.69 Å². The predicted octanol–water partition coefficient (Wildman–Crippen LogP) is 0.597. The van der Waals surface area contributed by atoms with E-state index in [0.717, 1.165) is 4.57 Å². The van der Waals surface area contributed by atoms with Crippen LogP contribution in [-0.4, -0.2) is 24.6 Å². The third-order valence-corrected chi connectivity index (χ3v) is 4.22. The Morgan fingerprint density at radius 2 is 2.04 bits per heavy atom. The molecular formula is C16H13ClN6O3. The van der Waals surface area contributed by atoms with E-state index in [1.54, 1.807) is 6.07 Å². The zero-order chi connectivity index (χ0) is 19.0. The number of aryl methyl sites for hydroxylation is 1. The second-order valence-corrected chi connectivity index (χ2v) is 6.01. The summed E-state index contributed by atoms with van der Waals surface area (Å²) in [5, 5.41) is 11.7. The van der Waals surface area contributed by atoms with Crippen molar-refractivity contribution in [3.05, 3.63) is 56.0 Å². The first-order chi connectivity index (χ1) is 12.3. The van der Waals surface area contributed by atoms with Gasteiger partial charge in [0.15, 0.2) is 11.2 Å². The van der Waals surface area contributed by atoms with Crippen LogP contribution in [0.4, 0.5) is 5.69 Å². The average molecular weight is 373 g/mol. The highest BCUT2D eigenvalue weighted by atomic mass is 35.5. The molecule has 132 valence electrons. The van der Waals surface area contributed by atoms with E-state index in [-0.39, 0.29) is 22.7 Å². The van der Waals surface area contributed by atoms with E-state index in [9.17, 15) is 14.4 Å². The minimum absolute atomic E-state index is 0.155. The van der Waals surface area contributed by atoms with Gasteiger partial charge in [-0.25, -0.2) is 9.78 Å². The Morgan fingerprint density at radius 3 is 2.69 bits per heavy atom. The number of fused-ring (bicyclic) bond motifs is 1. The lowest BCUT2D eigenvalue weighted by Crippen LogP contribution is -2.37. The molecule has 3 aromatic rings. The summed E-state index contributed by atoms with van der Waals surface area (Å²) in [5.41, 5.74) is 0.0487. The molecule has 0 aliphatic heterocycles. The molecule has 0 bridgehead atoms. The van der Waals surface area contributed by atoms with E-state index < -0.39 is 17.2 Å². The van der Waals surface area contributed by atoms with Crippen LogP contribution < -0.4 is 16.6 Å². The van der Waals surface area contributed by atoms with Crippen molar-refractivity contribution >= 4 is 34.4 Å². The standard InChI is InChI=1S/C16H13ClN6O3/c1-21-14-13(15(25)22(2)16(21)26)23(8-19-14)7-12(24)20-10-4-3-9(6-18)11(17)5-10/h3-5,8H,7H2,1-2H3,(H,20,24). The van der Waals surface area contributed by atoms with Crippen LogP contribution in [0.25, 0.3) is 11.2 Å². The van der Waals surface area contributed by atoms with Gasteiger partial charge < -0.3 is 9.88 Å². The lowest BCUT2D eigenvalue weighted by molar-refractivity contribution is -0.116. The monoisotopic (exact) mass is 372 g/mol. The van der Waals surface area contributed by atoms with Gasteiger partial charge in [0, 0.05) is 19.8 Å². The van der Waals surface area contributed by atoms with Crippen molar-refractivity contribution in [1.29, 1.82) is 5.26 Å². The van der Waals surface area contributed by atoms with Gasteiger partial charge in [0.2, 0.25) is 5.91 Å². The minimum atomic E-state index is -0.533. The number of rotatable bonds is 3. The summed E-state index contributed by atoms with van der Waals surface area (Å²) in [5.74, 6) is -0.416. The summed E-state index contributed by atoms with van der Waals surface area (Å²) in [4.78, 5) is 40.6. The SMILES string of the molecule is Cn1c(=O)c2c(ncn2CC(=O)Nc2ccc(C#N)c(Cl)c2)n(C)c1=O. The van der Waals surface area contributed by atoms with Crippen molar-refractivity contribution in [3.63, 3.8) is 0 Å². The van der Waals surface area contributed by atoms with Gasteiger partial charge in [0.05, 0.1) is 16.9 Å². The average Bonchev–Trinajstić information content (AvgIpc) is 3.01. The normalized spacial score (nSPS) is 10.7. The number of halogens is 1. The van der Waals surface area contributed by atoms with Crippen LogP contribution in [0.5, 0.6) is 0 Å². The summed E-state index contributed by atoms with van der Waals surface area (Å²) < 4.78 is 3.57. The highest BCUT2D eigenvalue weighted by Gasteiger charge is 2.16. The molecule has 2 heterocycles. The molecule has 0 unspecified atom stereocenters. The molecule has 1 aromatic carbocycles. The second-order valence-electron chi connectivity index (χ2n) is 5.61. The fourth-order valence-corrected chi connectivity index (χ4v) is 2.78. The summed E-state index contributed by atoms with van der Waals surface area (Å²) in [6.07, 6.45) is 1.33. The molecule has 9 nitrogen and oxygen atoms in total. The number of aromatic nitrogens is 4. The van der Waals surface area contributed by atoms with Crippen molar-refractivity contribution in [2.24, 2.45) is 14.1 Å². The highest BCUT2D eigenvalue weighted by Crippen LogP contribution is 2.20. The first kappa shape index (κ1) is 17.4. The number of anilines is 1. The Bertz CT molecular complexity index is 1200. The van der Waals surface area contributed by atoms with Gasteiger partial charge in [-0.1, -0.05) is 11.6 Å². The van der Waals surface area contributed by atoms with E-state index >= 15 is 0 Å². The highest BCUT2D eigenvalue weighted by molar-refractivity contribution is 6.32. The molecule has 0 saturated carbocycles. The Hall–Kier alpha value is -3.38. The number of imidazole rings is 1. The largest absolute Gasteiger partial charge is 0.332 e. The number of carbonyl (C=O) groups is 1. The Morgan fingerprint density at radius 1 is 1.31 bits per heavy atom. The van der Waals surface area contributed by atoms with Crippen LogP contribution in [-0.2, 0) is 25.4 Å². The van der Waals surface area contributed by atoms with E-state index in [1.165, 1.54) is 41.7 Å². The Balaban J connectivity index is 1.91. The van der Waals surface area contributed by atoms with Crippen molar-refractivity contribution in [2.75, 3.05) is 5.32 Å². The third-order valence-electron chi connectivity index (χ3n) is 3.90. The van der Waals surface area contributed by atoms with Gasteiger partial charge in [0.1, 0.15) is 12.6 Å². The maximum absolute atomic E-state index is 12.3. The summed E-state index contributed by atoms with van der Waals surface area (Å²) in [6, 6.07) is 6.45. The molecule has 0 atom stereocenters. The number of carbonyl (C=O) groups excluding carboxylic acids is 1. The van der Waals surface area contributed by atoms with Gasteiger partial charge in [-0.05, 0) is 18.2 Å². The maximum atomic E-state index is 12.3. The van der Waals surface area contributed by atoms with Crippen LogP contribution in [0.2, 0.25) is 5.02 Å². The van der Waals surface area contributed by atoms with Gasteiger partial charge in [-0.3, -0.25) is 18.7 Å². The lowest BCUT2D eigenvalue weighted by Gasteiger charge is -2.08. The molecule has 1 amide bonds. The number of nitrogens with one attached hydrogen (secondary N) is 1. The van der Waals surface area contributed by atoms with Crippen molar-refractivity contribution in [1.82, 2.24) is 18.7 Å².